The van der Waals surface area contributed by atoms with Crippen LogP contribution in [0.5, 0.6) is 0 Å². The van der Waals surface area contributed by atoms with E-state index in [2.05, 4.69) is 6.58 Å². The Balaban J connectivity index is 1.99. The van der Waals surface area contributed by atoms with Gasteiger partial charge in [-0.3, -0.25) is 0 Å². The molecule has 0 heterocycles. The lowest BCUT2D eigenvalue weighted by atomic mass is 9.92. The smallest absolute Gasteiger partial charge is 0.0528 e. The first-order valence-corrected chi connectivity index (χ1v) is 6.45. The Hall–Kier alpha value is -0.300. The molecule has 0 N–H and O–H groups in total. The maximum Gasteiger partial charge on any atom is 0.0528 e. The third kappa shape index (κ3) is 6.72. The first kappa shape index (κ1) is 12.8. The van der Waals surface area contributed by atoms with E-state index >= 15 is 0 Å². The Kier molecular flexibility index (Phi) is 7.63. The molecule has 15 heavy (non-hydrogen) atoms. The van der Waals surface area contributed by atoms with Gasteiger partial charge in [-0.2, -0.15) is 0 Å². The lowest BCUT2D eigenvalue weighted by Crippen LogP contribution is -2.10. The summed E-state index contributed by atoms with van der Waals surface area (Å²) in [5.41, 5.74) is 0. The van der Waals surface area contributed by atoms with Gasteiger partial charge < -0.3 is 4.74 Å². The summed E-state index contributed by atoms with van der Waals surface area (Å²) in [6.45, 7) is 5.52. The summed E-state index contributed by atoms with van der Waals surface area (Å²) in [6.07, 6.45) is 13.8. The molecule has 1 radical (unpaired) electrons. The van der Waals surface area contributed by atoms with Crippen molar-refractivity contribution in [3.05, 3.63) is 18.6 Å². The van der Waals surface area contributed by atoms with Crippen LogP contribution in [-0.2, 0) is 4.74 Å². The molecule has 0 aliphatic heterocycles. The van der Waals surface area contributed by atoms with Gasteiger partial charge in [0.25, 0.3) is 0 Å². The maximum atomic E-state index is 5.69. The van der Waals surface area contributed by atoms with Gasteiger partial charge in [0.15, 0.2) is 0 Å². The van der Waals surface area contributed by atoms with Crippen LogP contribution in [0, 0.1) is 5.92 Å². The van der Waals surface area contributed by atoms with E-state index in [-0.39, 0.29) is 0 Å². The van der Waals surface area contributed by atoms with Crippen LogP contribution in [0.15, 0.2) is 12.7 Å². The molecule has 87 valence electrons. The predicted molar refractivity (Wildman–Crippen MR) is 65.8 cm³/mol. The summed E-state index contributed by atoms with van der Waals surface area (Å²) in [4.78, 5) is 0. The molecule has 0 saturated heterocycles. The predicted octanol–water partition coefficient (Wildman–Crippen LogP) is 4.29. The van der Waals surface area contributed by atoms with Gasteiger partial charge in [0, 0.05) is 12.5 Å². The summed E-state index contributed by atoms with van der Waals surface area (Å²) in [7, 11) is 0. The number of hydrogen-bond acceptors (Lipinski definition) is 1. The molecule has 1 fully saturated rings. The number of allylic oxidation sites excluding steroid dienone is 1. The first-order valence-electron chi connectivity index (χ1n) is 6.45. The average molecular weight is 209 g/mol. The molecule has 1 heteroatoms. The average Bonchev–Trinajstić information content (AvgIpc) is 2.20. The van der Waals surface area contributed by atoms with Crippen LogP contribution >= 0.6 is 0 Å². The molecule has 0 amide bonds. The molecule has 0 aromatic heterocycles. The third-order valence-electron chi connectivity index (χ3n) is 3.06. The molecule has 0 unspecified atom stereocenters. The van der Waals surface area contributed by atoms with E-state index < -0.39 is 0 Å². The summed E-state index contributed by atoms with van der Waals surface area (Å²) < 4.78 is 5.69. The van der Waals surface area contributed by atoms with E-state index in [1.54, 1.807) is 5.92 Å². The Bertz CT molecular complexity index is 145. The van der Waals surface area contributed by atoms with E-state index in [9.17, 15) is 0 Å². The quantitative estimate of drug-likeness (QED) is 0.468. The highest BCUT2D eigenvalue weighted by Crippen LogP contribution is 2.24. The topological polar surface area (TPSA) is 9.23 Å². The fraction of sp³-hybridized carbons (Fsp3) is 0.786. The number of ether oxygens (including phenoxy) is 1. The van der Waals surface area contributed by atoms with Crippen LogP contribution in [0.4, 0.5) is 0 Å². The van der Waals surface area contributed by atoms with Gasteiger partial charge in [0.05, 0.1) is 6.61 Å². The zero-order chi connectivity index (χ0) is 10.8. The molecule has 0 aromatic carbocycles. The number of hydrogen-bond donors (Lipinski definition) is 0. The molecule has 0 bridgehead atoms. The molecule has 0 aromatic rings. The highest BCUT2D eigenvalue weighted by atomic mass is 16.5. The van der Waals surface area contributed by atoms with Crippen molar-refractivity contribution in [2.75, 3.05) is 13.2 Å². The van der Waals surface area contributed by atoms with Crippen molar-refractivity contribution in [2.45, 2.75) is 57.8 Å². The van der Waals surface area contributed by atoms with Gasteiger partial charge in [-0.25, -0.2) is 0 Å². The van der Waals surface area contributed by atoms with Crippen LogP contribution in [0.25, 0.3) is 0 Å². The summed E-state index contributed by atoms with van der Waals surface area (Å²) in [6, 6.07) is 0. The van der Waals surface area contributed by atoms with E-state index in [1.807, 2.05) is 6.08 Å². The molecular weight excluding hydrogens is 184 g/mol. The highest BCUT2D eigenvalue weighted by molar-refractivity contribution is 4.90. The normalized spacial score (nSPS) is 19.5. The molecule has 1 saturated carbocycles. The molecular formula is C14H25O. The van der Waals surface area contributed by atoms with Crippen molar-refractivity contribution in [3.63, 3.8) is 0 Å². The first-order chi connectivity index (χ1) is 7.43. The minimum absolute atomic E-state index is 0.898. The largest absolute Gasteiger partial charge is 0.381 e. The van der Waals surface area contributed by atoms with E-state index in [4.69, 9.17) is 4.74 Å². The number of rotatable bonds is 6. The second kappa shape index (κ2) is 8.96. The lowest BCUT2D eigenvalue weighted by Gasteiger charge is -2.18. The van der Waals surface area contributed by atoms with Crippen LogP contribution in [0.3, 0.4) is 0 Å². The SMILES string of the molecule is C=CCCCOC[C]1CCCCCCC1. The van der Waals surface area contributed by atoms with E-state index in [1.165, 1.54) is 44.9 Å². The van der Waals surface area contributed by atoms with Gasteiger partial charge in [-0.1, -0.05) is 38.2 Å². The Morgan fingerprint density at radius 3 is 2.40 bits per heavy atom. The zero-order valence-corrected chi connectivity index (χ0v) is 9.97. The molecule has 1 nitrogen and oxygen atoms in total. The fourth-order valence-corrected chi connectivity index (χ4v) is 2.10. The second-order valence-corrected chi connectivity index (χ2v) is 4.50. The summed E-state index contributed by atoms with van der Waals surface area (Å²) in [5, 5.41) is 0. The van der Waals surface area contributed by atoms with Gasteiger partial charge in [-0.05, 0) is 25.7 Å². The van der Waals surface area contributed by atoms with Crippen molar-refractivity contribution < 1.29 is 4.74 Å². The molecule has 0 atom stereocenters. The van der Waals surface area contributed by atoms with Crippen molar-refractivity contribution >= 4 is 0 Å². The van der Waals surface area contributed by atoms with Gasteiger partial charge in [-0.15, -0.1) is 6.58 Å². The van der Waals surface area contributed by atoms with Gasteiger partial charge >= 0.3 is 0 Å². The highest BCUT2D eigenvalue weighted by Gasteiger charge is 2.11. The molecule has 1 aliphatic carbocycles. The van der Waals surface area contributed by atoms with Gasteiger partial charge in [0.1, 0.15) is 0 Å². The summed E-state index contributed by atoms with van der Waals surface area (Å²) in [5.74, 6) is 1.65. The molecule has 1 rings (SSSR count). The second-order valence-electron chi connectivity index (χ2n) is 4.50. The lowest BCUT2D eigenvalue weighted by molar-refractivity contribution is 0.134. The fourth-order valence-electron chi connectivity index (χ4n) is 2.10. The standard InChI is InChI=1S/C14H25O/c1-2-3-9-12-15-13-14-10-7-5-4-6-8-11-14/h2H,1,3-13H2. The van der Waals surface area contributed by atoms with Crippen molar-refractivity contribution in [3.8, 4) is 0 Å². The van der Waals surface area contributed by atoms with Crippen LogP contribution in [0.2, 0.25) is 0 Å². The van der Waals surface area contributed by atoms with Crippen LogP contribution in [-0.4, -0.2) is 13.2 Å². The van der Waals surface area contributed by atoms with E-state index in [0.717, 1.165) is 26.1 Å². The molecule has 0 spiro atoms. The monoisotopic (exact) mass is 209 g/mol. The summed E-state index contributed by atoms with van der Waals surface area (Å²) >= 11 is 0. The van der Waals surface area contributed by atoms with Crippen LogP contribution in [0.1, 0.15) is 57.8 Å². The minimum Gasteiger partial charge on any atom is -0.381 e. The minimum atomic E-state index is 0.898. The Morgan fingerprint density at radius 2 is 1.73 bits per heavy atom. The van der Waals surface area contributed by atoms with Crippen molar-refractivity contribution in [2.24, 2.45) is 0 Å². The molecule has 1 aliphatic rings. The Morgan fingerprint density at radius 1 is 1.07 bits per heavy atom. The van der Waals surface area contributed by atoms with Crippen LogP contribution < -0.4 is 0 Å². The van der Waals surface area contributed by atoms with E-state index in [0.29, 0.717) is 0 Å². The number of unbranched alkanes of at least 4 members (excludes halogenated alkanes) is 1. The van der Waals surface area contributed by atoms with Crippen molar-refractivity contribution in [1.29, 1.82) is 0 Å². The van der Waals surface area contributed by atoms with Gasteiger partial charge in [0.2, 0.25) is 0 Å². The Labute approximate surface area is 94.9 Å². The maximum absolute atomic E-state index is 5.69. The van der Waals surface area contributed by atoms with Crippen molar-refractivity contribution in [1.82, 2.24) is 0 Å². The third-order valence-corrected chi connectivity index (χ3v) is 3.06. The zero-order valence-electron chi connectivity index (χ0n) is 9.97.